The third-order valence-corrected chi connectivity index (χ3v) is 3.54. The highest BCUT2D eigenvalue weighted by Gasteiger charge is 2.23. The second-order valence-corrected chi connectivity index (χ2v) is 5.31. The first-order valence-electron chi connectivity index (χ1n) is 6.69. The van der Waals surface area contributed by atoms with Crippen molar-refractivity contribution in [2.45, 2.75) is 51.7 Å². The number of hydrogen-bond acceptors (Lipinski definition) is 2. The summed E-state index contributed by atoms with van der Waals surface area (Å²) in [6.07, 6.45) is 5.47. The summed E-state index contributed by atoms with van der Waals surface area (Å²) >= 11 is 0. The van der Waals surface area contributed by atoms with Gasteiger partial charge in [-0.2, -0.15) is 0 Å². The molecular formula is C15H24ClNO. The summed E-state index contributed by atoms with van der Waals surface area (Å²) in [5.41, 5.74) is 7.55. The monoisotopic (exact) mass is 269 g/mol. The van der Waals surface area contributed by atoms with Crippen LogP contribution in [0.25, 0.3) is 0 Å². The standard InChI is InChI=1S/C15H23NO.ClH/c1-11(2)17-14-9-7-13(8-10-14)15(16)12-5-3-4-6-12;/h7-12,15H,3-6,16H2,1-2H3;1H/t15-;/m0./s1. The van der Waals surface area contributed by atoms with Gasteiger partial charge in [0, 0.05) is 6.04 Å². The van der Waals surface area contributed by atoms with E-state index in [1.807, 2.05) is 26.0 Å². The molecule has 1 atom stereocenters. The van der Waals surface area contributed by atoms with Crippen molar-refractivity contribution in [2.75, 3.05) is 0 Å². The molecule has 18 heavy (non-hydrogen) atoms. The van der Waals surface area contributed by atoms with E-state index < -0.39 is 0 Å². The molecule has 1 fully saturated rings. The van der Waals surface area contributed by atoms with E-state index in [4.69, 9.17) is 10.5 Å². The molecule has 0 unspecified atom stereocenters. The molecule has 0 saturated heterocycles. The van der Waals surface area contributed by atoms with E-state index in [0.717, 1.165) is 5.75 Å². The van der Waals surface area contributed by atoms with E-state index in [2.05, 4.69) is 12.1 Å². The maximum Gasteiger partial charge on any atom is 0.119 e. The average Bonchev–Trinajstić information content (AvgIpc) is 2.82. The van der Waals surface area contributed by atoms with Crippen molar-refractivity contribution in [1.82, 2.24) is 0 Å². The van der Waals surface area contributed by atoms with E-state index in [-0.39, 0.29) is 24.6 Å². The lowest BCUT2D eigenvalue weighted by molar-refractivity contribution is 0.242. The lowest BCUT2D eigenvalue weighted by Crippen LogP contribution is -2.19. The molecule has 0 amide bonds. The Bertz CT molecular complexity index is 344. The second kappa shape index (κ2) is 7.01. The first kappa shape index (κ1) is 15.3. The van der Waals surface area contributed by atoms with Gasteiger partial charge in [0.2, 0.25) is 0 Å². The van der Waals surface area contributed by atoms with Crippen LogP contribution in [-0.2, 0) is 0 Å². The summed E-state index contributed by atoms with van der Waals surface area (Å²) in [5, 5.41) is 0. The Morgan fingerprint density at radius 2 is 1.67 bits per heavy atom. The molecule has 0 radical (unpaired) electrons. The predicted molar refractivity (Wildman–Crippen MR) is 78.3 cm³/mol. The number of hydrogen-bond donors (Lipinski definition) is 1. The molecule has 2 nitrogen and oxygen atoms in total. The van der Waals surface area contributed by atoms with Crippen LogP contribution in [0.15, 0.2) is 24.3 Å². The van der Waals surface area contributed by atoms with Gasteiger partial charge in [-0.1, -0.05) is 25.0 Å². The van der Waals surface area contributed by atoms with Gasteiger partial charge in [-0.15, -0.1) is 12.4 Å². The highest BCUT2D eigenvalue weighted by Crippen LogP contribution is 2.34. The average molecular weight is 270 g/mol. The van der Waals surface area contributed by atoms with Crippen LogP contribution in [0.5, 0.6) is 5.75 Å². The first-order valence-corrected chi connectivity index (χ1v) is 6.69. The van der Waals surface area contributed by atoms with Crippen LogP contribution in [0, 0.1) is 5.92 Å². The van der Waals surface area contributed by atoms with Crippen LogP contribution >= 0.6 is 12.4 Å². The molecule has 1 aromatic carbocycles. The van der Waals surface area contributed by atoms with E-state index >= 15 is 0 Å². The minimum atomic E-state index is 0. The van der Waals surface area contributed by atoms with Gasteiger partial charge in [-0.05, 0) is 50.3 Å². The molecule has 0 spiro atoms. The zero-order chi connectivity index (χ0) is 12.3. The Morgan fingerprint density at radius 3 is 2.17 bits per heavy atom. The molecule has 2 rings (SSSR count). The highest BCUT2D eigenvalue weighted by molar-refractivity contribution is 5.85. The van der Waals surface area contributed by atoms with Crippen molar-refractivity contribution in [3.8, 4) is 5.75 Å². The predicted octanol–water partition coefficient (Wildman–Crippen LogP) is 4.09. The third-order valence-electron chi connectivity index (χ3n) is 3.54. The van der Waals surface area contributed by atoms with Gasteiger partial charge in [0.1, 0.15) is 5.75 Å². The van der Waals surface area contributed by atoms with E-state index in [9.17, 15) is 0 Å². The summed E-state index contributed by atoms with van der Waals surface area (Å²) in [4.78, 5) is 0. The van der Waals surface area contributed by atoms with Gasteiger partial charge in [0.05, 0.1) is 6.10 Å². The molecule has 0 aliphatic heterocycles. The van der Waals surface area contributed by atoms with Crippen LogP contribution in [0.2, 0.25) is 0 Å². The number of benzene rings is 1. The number of ether oxygens (including phenoxy) is 1. The smallest absolute Gasteiger partial charge is 0.119 e. The molecule has 2 N–H and O–H groups in total. The summed E-state index contributed by atoms with van der Waals surface area (Å²) in [7, 11) is 0. The van der Waals surface area contributed by atoms with Crippen molar-refractivity contribution in [3.05, 3.63) is 29.8 Å². The van der Waals surface area contributed by atoms with Crippen molar-refractivity contribution in [1.29, 1.82) is 0 Å². The number of nitrogens with two attached hydrogens (primary N) is 1. The van der Waals surface area contributed by atoms with Crippen molar-refractivity contribution in [3.63, 3.8) is 0 Å². The Labute approximate surface area is 116 Å². The fourth-order valence-corrected chi connectivity index (χ4v) is 2.63. The molecule has 1 aliphatic rings. The summed E-state index contributed by atoms with van der Waals surface area (Å²) in [6, 6.07) is 8.49. The first-order chi connectivity index (χ1) is 8.16. The molecule has 1 aliphatic carbocycles. The van der Waals surface area contributed by atoms with E-state index in [1.54, 1.807) is 0 Å². The maximum absolute atomic E-state index is 6.31. The minimum Gasteiger partial charge on any atom is -0.491 e. The molecular weight excluding hydrogens is 246 g/mol. The Balaban J connectivity index is 0.00000162. The Morgan fingerprint density at radius 1 is 1.11 bits per heavy atom. The zero-order valence-electron chi connectivity index (χ0n) is 11.3. The van der Waals surface area contributed by atoms with Crippen molar-refractivity contribution < 1.29 is 4.74 Å². The van der Waals surface area contributed by atoms with Crippen LogP contribution in [-0.4, -0.2) is 6.10 Å². The number of halogens is 1. The third kappa shape index (κ3) is 3.89. The highest BCUT2D eigenvalue weighted by atomic mass is 35.5. The van der Waals surface area contributed by atoms with Crippen LogP contribution in [0.3, 0.4) is 0 Å². The van der Waals surface area contributed by atoms with Crippen LogP contribution in [0.4, 0.5) is 0 Å². The van der Waals surface area contributed by atoms with Gasteiger partial charge >= 0.3 is 0 Å². The largest absolute Gasteiger partial charge is 0.491 e. The molecule has 102 valence electrons. The fraction of sp³-hybridized carbons (Fsp3) is 0.600. The molecule has 0 heterocycles. The number of rotatable bonds is 4. The Kier molecular flexibility index (Phi) is 5.97. The lowest BCUT2D eigenvalue weighted by atomic mass is 9.92. The SMILES string of the molecule is CC(C)Oc1ccc([C@@H](N)C2CCCC2)cc1.Cl. The topological polar surface area (TPSA) is 35.2 Å². The summed E-state index contributed by atoms with van der Waals surface area (Å²) in [5.74, 6) is 1.61. The van der Waals surface area contributed by atoms with E-state index in [1.165, 1.54) is 31.2 Å². The van der Waals surface area contributed by atoms with Crippen molar-refractivity contribution >= 4 is 12.4 Å². The van der Waals surface area contributed by atoms with Gasteiger partial charge in [0.15, 0.2) is 0 Å². The summed E-state index contributed by atoms with van der Waals surface area (Å²) in [6.45, 7) is 4.08. The fourth-order valence-electron chi connectivity index (χ4n) is 2.63. The molecule has 0 bridgehead atoms. The van der Waals surface area contributed by atoms with Gasteiger partial charge in [0.25, 0.3) is 0 Å². The molecule has 1 saturated carbocycles. The molecule has 3 heteroatoms. The van der Waals surface area contributed by atoms with E-state index in [0.29, 0.717) is 5.92 Å². The molecule has 1 aromatic rings. The van der Waals surface area contributed by atoms with Crippen LogP contribution in [0.1, 0.15) is 51.1 Å². The molecule has 0 aromatic heterocycles. The minimum absolute atomic E-state index is 0. The second-order valence-electron chi connectivity index (χ2n) is 5.31. The Hall–Kier alpha value is -0.730. The van der Waals surface area contributed by atoms with Crippen LogP contribution < -0.4 is 10.5 Å². The maximum atomic E-state index is 6.31. The zero-order valence-corrected chi connectivity index (χ0v) is 12.1. The summed E-state index contributed by atoms with van der Waals surface area (Å²) < 4.78 is 5.63. The normalized spacial score (nSPS) is 17.6. The quantitative estimate of drug-likeness (QED) is 0.894. The van der Waals surface area contributed by atoms with Gasteiger partial charge < -0.3 is 10.5 Å². The van der Waals surface area contributed by atoms with Gasteiger partial charge in [-0.25, -0.2) is 0 Å². The van der Waals surface area contributed by atoms with Gasteiger partial charge in [-0.3, -0.25) is 0 Å². The van der Waals surface area contributed by atoms with Crippen molar-refractivity contribution in [2.24, 2.45) is 11.7 Å². The lowest BCUT2D eigenvalue weighted by Gasteiger charge is -2.19.